The lowest BCUT2D eigenvalue weighted by Crippen LogP contribution is -2.56. The molecule has 0 aliphatic carbocycles. The summed E-state index contributed by atoms with van der Waals surface area (Å²) < 4.78 is 20.1. The van der Waals surface area contributed by atoms with E-state index in [0.29, 0.717) is 5.56 Å². The predicted octanol–water partition coefficient (Wildman–Crippen LogP) is 5.00. The minimum atomic E-state index is -1.21. The van der Waals surface area contributed by atoms with Crippen LogP contribution in [-0.2, 0) is 40.2 Å². The van der Waals surface area contributed by atoms with Crippen molar-refractivity contribution < 1.29 is 28.6 Å². The summed E-state index contributed by atoms with van der Waals surface area (Å²) in [5.41, 5.74) is 2.24. The summed E-state index contributed by atoms with van der Waals surface area (Å²) in [7, 11) is 0. The molecule has 12 nitrogen and oxygen atoms in total. The van der Waals surface area contributed by atoms with Crippen LogP contribution in [0.4, 0.5) is 9.18 Å². The molecule has 13 heteroatoms. The van der Waals surface area contributed by atoms with E-state index in [9.17, 15) is 28.7 Å². The number of fused-ring (bicyclic) bond motifs is 1. The highest BCUT2D eigenvalue weighted by molar-refractivity contribution is 5.93. The number of nitrogens with zero attached hydrogens (tertiary/aromatic N) is 2. The molecule has 3 unspecified atom stereocenters. The maximum atomic E-state index is 14.3. The van der Waals surface area contributed by atoms with E-state index in [0.717, 1.165) is 38.3 Å². The summed E-state index contributed by atoms with van der Waals surface area (Å²) in [5, 5.41) is 24.3. The fraction of sp³-hybridized carbons (Fsp3) is 0.167. The molecule has 5 N–H and O–H groups in total. The molecule has 3 amide bonds. The van der Waals surface area contributed by atoms with Gasteiger partial charge in [-0.2, -0.15) is 9.78 Å². The number of rotatable bonds is 15. The van der Waals surface area contributed by atoms with Gasteiger partial charge in [0.2, 0.25) is 17.7 Å². The Kier molecular flexibility index (Phi) is 12.4. The van der Waals surface area contributed by atoms with Crippen LogP contribution in [0.5, 0.6) is 5.88 Å². The van der Waals surface area contributed by atoms with Crippen molar-refractivity contribution in [3.8, 4) is 5.88 Å². The number of ether oxygens (including phenoxy) is 1. The SMILES string of the molecule is O=C(NC(Cc1ccc(F)cc1)C(=O)NC(Cc1ccc2ccccc2c1)C(=O)NC(C=Nn1cc(O)[nH]c1=O)Cc1ccccc1)OCc1ccccc1. The highest BCUT2D eigenvalue weighted by Crippen LogP contribution is 2.17. The molecule has 55 heavy (non-hydrogen) atoms. The standard InChI is InChI=1S/C42H39FN6O6/c43-34-19-16-29(17-20-34)23-37(47-42(54)55-27-30-11-5-2-6-12-30)40(52)46-36(24-31-15-18-32-13-7-8-14-33(32)21-31)39(51)45-35(22-28-9-3-1-4-10-28)25-44-49-26-38(50)48-41(49)53/h1-21,25-26,35-37,50H,22-24,27H2,(H,45,51)(H,46,52)(H,47,54)(H,48,53). The van der Waals surface area contributed by atoms with Crippen LogP contribution in [-0.4, -0.2) is 57.0 Å². The number of aromatic amines is 1. The zero-order valence-corrected chi connectivity index (χ0v) is 29.6. The van der Waals surface area contributed by atoms with Crippen molar-refractivity contribution >= 4 is 34.9 Å². The third-order valence-corrected chi connectivity index (χ3v) is 8.75. The minimum absolute atomic E-state index is 0.0293. The Hall–Kier alpha value is -7.02. The number of aromatic hydroxyl groups is 1. The highest BCUT2D eigenvalue weighted by Gasteiger charge is 2.29. The fourth-order valence-electron chi connectivity index (χ4n) is 5.96. The van der Waals surface area contributed by atoms with E-state index in [4.69, 9.17) is 4.74 Å². The first-order chi connectivity index (χ1) is 26.7. The molecule has 1 heterocycles. The number of carbonyl (C=O) groups is 3. The lowest BCUT2D eigenvalue weighted by molar-refractivity contribution is -0.130. The van der Waals surface area contributed by atoms with Crippen LogP contribution in [0.1, 0.15) is 22.3 Å². The Morgan fingerprint density at radius 1 is 0.709 bits per heavy atom. The molecule has 0 fully saturated rings. The van der Waals surface area contributed by atoms with Crippen molar-refractivity contribution in [2.24, 2.45) is 5.10 Å². The van der Waals surface area contributed by atoms with Crippen molar-refractivity contribution in [1.29, 1.82) is 0 Å². The summed E-state index contributed by atoms with van der Waals surface area (Å²) in [6.45, 7) is -0.0383. The van der Waals surface area contributed by atoms with E-state index in [1.54, 1.807) is 12.1 Å². The monoisotopic (exact) mass is 742 g/mol. The van der Waals surface area contributed by atoms with Gasteiger partial charge in [0.25, 0.3) is 0 Å². The molecule has 1 aromatic heterocycles. The first-order valence-electron chi connectivity index (χ1n) is 17.6. The quantitative estimate of drug-likeness (QED) is 0.0929. The molecular formula is C42H39FN6O6. The Labute approximate surface area is 315 Å². The van der Waals surface area contributed by atoms with Crippen molar-refractivity contribution in [1.82, 2.24) is 25.6 Å². The number of hydrogen-bond donors (Lipinski definition) is 5. The van der Waals surface area contributed by atoms with Gasteiger partial charge in [-0.1, -0.05) is 115 Å². The van der Waals surface area contributed by atoms with Crippen LogP contribution in [0.3, 0.4) is 0 Å². The van der Waals surface area contributed by atoms with E-state index in [1.165, 1.54) is 30.5 Å². The smallest absolute Gasteiger partial charge is 0.408 e. The van der Waals surface area contributed by atoms with E-state index >= 15 is 0 Å². The predicted molar refractivity (Wildman–Crippen MR) is 206 cm³/mol. The molecule has 6 rings (SSSR count). The first-order valence-corrected chi connectivity index (χ1v) is 17.6. The number of H-pyrrole nitrogens is 1. The zero-order valence-electron chi connectivity index (χ0n) is 29.6. The number of imidazole rings is 1. The summed E-state index contributed by atoms with van der Waals surface area (Å²) in [6.07, 6.45) is 1.94. The molecule has 0 aliphatic rings. The van der Waals surface area contributed by atoms with Crippen molar-refractivity contribution in [3.05, 3.63) is 172 Å². The molecule has 0 saturated heterocycles. The van der Waals surface area contributed by atoms with E-state index in [-0.39, 0.29) is 31.7 Å². The number of amides is 3. The summed E-state index contributed by atoms with van der Waals surface area (Å²) in [6, 6.07) is 34.2. The van der Waals surface area contributed by atoms with E-state index in [2.05, 4.69) is 26.0 Å². The number of aromatic nitrogens is 2. The number of nitrogens with one attached hydrogen (secondary N) is 4. The Balaban J connectivity index is 1.27. The normalized spacial score (nSPS) is 12.8. The van der Waals surface area contributed by atoms with Gasteiger partial charge in [-0.05, 0) is 51.6 Å². The molecule has 0 spiro atoms. The second-order valence-electron chi connectivity index (χ2n) is 12.9. The Morgan fingerprint density at radius 2 is 1.29 bits per heavy atom. The van der Waals surface area contributed by atoms with Gasteiger partial charge in [-0.25, -0.2) is 14.0 Å². The van der Waals surface area contributed by atoms with Crippen molar-refractivity contribution in [3.63, 3.8) is 0 Å². The summed E-state index contributed by atoms with van der Waals surface area (Å²) in [5.74, 6) is -2.08. The maximum Gasteiger partial charge on any atom is 0.408 e. The van der Waals surface area contributed by atoms with Gasteiger partial charge in [0.15, 0.2) is 0 Å². The topological polar surface area (TPSA) is 167 Å². The average molecular weight is 743 g/mol. The van der Waals surface area contributed by atoms with Gasteiger partial charge in [0.05, 0.1) is 12.2 Å². The van der Waals surface area contributed by atoms with Gasteiger partial charge in [0, 0.05) is 19.1 Å². The van der Waals surface area contributed by atoms with Crippen LogP contribution < -0.4 is 21.6 Å². The molecule has 6 aromatic rings. The fourth-order valence-corrected chi connectivity index (χ4v) is 5.96. The van der Waals surface area contributed by atoms with Gasteiger partial charge >= 0.3 is 11.8 Å². The number of alkyl carbamates (subject to hydrolysis) is 1. The molecular weight excluding hydrogens is 703 g/mol. The van der Waals surface area contributed by atoms with Crippen LogP contribution in [0, 0.1) is 5.82 Å². The van der Waals surface area contributed by atoms with Crippen LogP contribution in [0.15, 0.2) is 143 Å². The zero-order chi connectivity index (χ0) is 38.6. The number of hydrogen-bond acceptors (Lipinski definition) is 7. The number of halogens is 1. The van der Waals surface area contributed by atoms with Crippen molar-refractivity contribution in [2.45, 2.75) is 44.0 Å². The minimum Gasteiger partial charge on any atom is -0.493 e. The highest BCUT2D eigenvalue weighted by atomic mass is 19.1. The molecule has 0 saturated carbocycles. The van der Waals surface area contributed by atoms with Gasteiger partial charge in [-0.15, -0.1) is 0 Å². The number of benzene rings is 5. The van der Waals surface area contributed by atoms with Gasteiger partial charge in [-0.3, -0.25) is 14.6 Å². The van der Waals surface area contributed by atoms with Gasteiger partial charge in [0.1, 0.15) is 24.5 Å². The van der Waals surface area contributed by atoms with Crippen LogP contribution in [0.2, 0.25) is 0 Å². The maximum absolute atomic E-state index is 14.3. The molecule has 280 valence electrons. The lowest BCUT2D eigenvalue weighted by atomic mass is 9.99. The van der Waals surface area contributed by atoms with E-state index < -0.39 is 47.5 Å². The molecule has 0 bridgehead atoms. The van der Waals surface area contributed by atoms with Crippen LogP contribution in [0.25, 0.3) is 10.8 Å². The molecule has 0 aliphatic heterocycles. The Bertz CT molecular complexity index is 2310. The second-order valence-corrected chi connectivity index (χ2v) is 12.9. The average Bonchev–Trinajstić information content (AvgIpc) is 3.52. The lowest BCUT2D eigenvalue weighted by Gasteiger charge is -2.25. The molecule has 3 atom stereocenters. The third kappa shape index (κ3) is 11.0. The first kappa shape index (κ1) is 37.7. The summed E-state index contributed by atoms with van der Waals surface area (Å²) >= 11 is 0. The largest absolute Gasteiger partial charge is 0.493 e. The van der Waals surface area contributed by atoms with E-state index in [1.807, 2.05) is 91.0 Å². The number of carbonyl (C=O) groups excluding carboxylic acids is 3. The summed E-state index contributed by atoms with van der Waals surface area (Å²) in [4.78, 5) is 55.9. The van der Waals surface area contributed by atoms with Crippen LogP contribution >= 0.6 is 0 Å². The van der Waals surface area contributed by atoms with Gasteiger partial charge < -0.3 is 25.8 Å². The molecule has 0 radical (unpaired) electrons. The van der Waals surface area contributed by atoms with Crippen molar-refractivity contribution in [2.75, 3.05) is 0 Å². The molecule has 5 aromatic carbocycles. The second kappa shape index (κ2) is 18.1. The third-order valence-electron chi connectivity index (χ3n) is 8.75. The Morgan fingerprint density at radius 3 is 1.98 bits per heavy atom.